The molecule has 0 fully saturated rings. The van der Waals surface area contributed by atoms with Crippen LogP contribution in [0.25, 0.3) is 22.2 Å². The Morgan fingerprint density at radius 2 is 1.65 bits per heavy atom. The summed E-state index contributed by atoms with van der Waals surface area (Å²) in [6.45, 7) is 0.194. The van der Waals surface area contributed by atoms with Crippen LogP contribution in [0.5, 0.6) is 11.5 Å². The molecule has 26 heavy (non-hydrogen) atoms. The molecule has 2 aromatic carbocycles. The van der Waals surface area contributed by atoms with E-state index in [0.29, 0.717) is 22.8 Å². The highest BCUT2D eigenvalue weighted by Crippen LogP contribution is 2.35. The Balaban J connectivity index is 1.80. The summed E-state index contributed by atoms with van der Waals surface area (Å²) in [4.78, 5) is 4.47. The highest BCUT2D eigenvalue weighted by Gasteiger charge is 2.35. The number of hydrogen-bond donors (Lipinski definition) is 3. The van der Waals surface area contributed by atoms with E-state index in [4.69, 9.17) is 9.47 Å². The van der Waals surface area contributed by atoms with Gasteiger partial charge in [-0.25, -0.2) is 4.98 Å². The average molecular weight is 356 g/mol. The highest BCUT2D eigenvalue weighted by atomic mass is 16.5. The first-order valence-electron chi connectivity index (χ1n) is 8.30. The molecule has 1 aliphatic heterocycles. The van der Waals surface area contributed by atoms with Gasteiger partial charge in [0.25, 0.3) is 0 Å². The standard InChI is InChI=1S/C19H20N2O5/c1-25-15-6-4-11(8-16(15)26-2)10-3-5-13-12(7-10)20-19-18(24)17(23)14(22)9-21(13)19/h3-8,14,17-18,22-24H,9H2,1-2H3/t14-,17-,18-/m1/s1. The molecule has 136 valence electrons. The van der Waals surface area contributed by atoms with E-state index in [0.717, 1.165) is 16.6 Å². The van der Waals surface area contributed by atoms with Crippen LogP contribution in [0, 0.1) is 0 Å². The molecule has 3 aromatic rings. The molecule has 0 radical (unpaired) electrons. The fourth-order valence-electron chi connectivity index (χ4n) is 3.42. The summed E-state index contributed by atoms with van der Waals surface area (Å²) in [6, 6.07) is 11.4. The summed E-state index contributed by atoms with van der Waals surface area (Å²) >= 11 is 0. The number of methoxy groups -OCH3 is 2. The van der Waals surface area contributed by atoms with Crippen LogP contribution in [0.4, 0.5) is 0 Å². The highest BCUT2D eigenvalue weighted by molar-refractivity contribution is 5.83. The van der Waals surface area contributed by atoms with Gasteiger partial charge in [0.05, 0.1) is 31.8 Å². The third-order valence-electron chi connectivity index (χ3n) is 4.85. The number of hydrogen-bond acceptors (Lipinski definition) is 6. The van der Waals surface area contributed by atoms with E-state index in [-0.39, 0.29) is 6.54 Å². The Morgan fingerprint density at radius 3 is 2.38 bits per heavy atom. The summed E-state index contributed by atoms with van der Waals surface area (Å²) in [6.07, 6.45) is -3.47. The molecule has 7 nitrogen and oxygen atoms in total. The summed E-state index contributed by atoms with van der Waals surface area (Å²) in [5.41, 5.74) is 3.36. The maximum Gasteiger partial charge on any atom is 0.161 e. The maximum atomic E-state index is 10.2. The lowest BCUT2D eigenvalue weighted by molar-refractivity contribution is -0.0846. The van der Waals surface area contributed by atoms with Crippen molar-refractivity contribution >= 4 is 11.0 Å². The fraction of sp³-hybridized carbons (Fsp3) is 0.316. The van der Waals surface area contributed by atoms with Crippen LogP contribution in [0.1, 0.15) is 11.9 Å². The molecular weight excluding hydrogens is 336 g/mol. The molecular formula is C19H20N2O5. The molecule has 1 aliphatic rings. The number of nitrogens with zero attached hydrogens (tertiary/aromatic N) is 2. The SMILES string of the molecule is COc1ccc(-c2ccc3c(c2)nc2n3C[C@@H](O)[C@@H](O)[C@H]2O)cc1OC. The van der Waals surface area contributed by atoms with Gasteiger partial charge in [0.15, 0.2) is 11.5 Å². The zero-order valence-corrected chi connectivity index (χ0v) is 14.5. The topological polar surface area (TPSA) is 97.0 Å². The van der Waals surface area contributed by atoms with Crippen molar-refractivity contribution in [1.82, 2.24) is 9.55 Å². The lowest BCUT2D eigenvalue weighted by Crippen LogP contribution is -2.41. The first kappa shape index (κ1) is 16.8. The second kappa shape index (κ2) is 6.28. The van der Waals surface area contributed by atoms with Gasteiger partial charge in [-0.2, -0.15) is 0 Å². The van der Waals surface area contributed by atoms with Crippen LogP contribution in [-0.2, 0) is 6.54 Å². The number of ether oxygens (including phenoxy) is 2. The quantitative estimate of drug-likeness (QED) is 0.658. The largest absolute Gasteiger partial charge is 0.493 e. The maximum absolute atomic E-state index is 10.2. The van der Waals surface area contributed by atoms with Gasteiger partial charge in [-0.05, 0) is 35.4 Å². The minimum Gasteiger partial charge on any atom is -0.493 e. The molecule has 0 aliphatic carbocycles. The fourth-order valence-corrected chi connectivity index (χ4v) is 3.42. The van der Waals surface area contributed by atoms with Crippen molar-refractivity contribution in [1.29, 1.82) is 0 Å². The molecule has 3 atom stereocenters. The second-order valence-electron chi connectivity index (χ2n) is 6.36. The molecule has 0 unspecified atom stereocenters. The third kappa shape index (κ3) is 2.52. The van der Waals surface area contributed by atoms with Crippen LogP contribution in [-0.4, -0.2) is 51.3 Å². The van der Waals surface area contributed by atoms with Gasteiger partial charge in [0.1, 0.15) is 24.1 Å². The van der Waals surface area contributed by atoms with E-state index in [2.05, 4.69) is 4.98 Å². The average Bonchev–Trinajstić information content (AvgIpc) is 3.03. The molecule has 3 N–H and O–H groups in total. The number of benzene rings is 2. The Bertz CT molecular complexity index is 968. The van der Waals surface area contributed by atoms with Crippen molar-refractivity contribution in [2.75, 3.05) is 14.2 Å². The van der Waals surface area contributed by atoms with Crippen LogP contribution in [0.15, 0.2) is 36.4 Å². The van der Waals surface area contributed by atoms with E-state index < -0.39 is 18.3 Å². The van der Waals surface area contributed by atoms with Gasteiger partial charge in [-0.1, -0.05) is 12.1 Å². The summed E-state index contributed by atoms with van der Waals surface area (Å²) in [5.74, 6) is 1.65. The van der Waals surface area contributed by atoms with E-state index in [1.54, 1.807) is 18.8 Å². The van der Waals surface area contributed by atoms with Crippen molar-refractivity contribution in [3.05, 3.63) is 42.2 Å². The van der Waals surface area contributed by atoms with E-state index in [9.17, 15) is 15.3 Å². The second-order valence-corrected chi connectivity index (χ2v) is 6.36. The smallest absolute Gasteiger partial charge is 0.161 e. The molecule has 0 amide bonds. The van der Waals surface area contributed by atoms with Crippen molar-refractivity contribution < 1.29 is 24.8 Å². The number of imidazole rings is 1. The van der Waals surface area contributed by atoms with Crippen LogP contribution >= 0.6 is 0 Å². The van der Waals surface area contributed by atoms with Crippen LogP contribution < -0.4 is 9.47 Å². The van der Waals surface area contributed by atoms with Crippen molar-refractivity contribution in [3.63, 3.8) is 0 Å². The predicted molar refractivity (Wildman–Crippen MR) is 95.2 cm³/mol. The molecule has 0 spiro atoms. The molecule has 0 bridgehead atoms. The van der Waals surface area contributed by atoms with E-state index in [1.807, 2.05) is 36.4 Å². The van der Waals surface area contributed by atoms with Crippen molar-refractivity contribution in [3.8, 4) is 22.6 Å². The van der Waals surface area contributed by atoms with Gasteiger partial charge in [-0.3, -0.25) is 0 Å². The summed E-state index contributed by atoms with van der Waals surface area (Å²) < 4.78 is 12.4. The van der Waals surface area contributed by atoms with Crippen LogP contribution in [0.2, 0.25) is 0 Å². The van der Waals surface area contributed by atoms with Gasteiger partial charge in [-0.15, -0.1) is 0 Å². The normalized spacial score (nSPS) is 22.3. The first-order valence-corrected chi connectivity index (χ1v) is 8.30. The molecule has 4 rings (SSSR count). The third-order valence-corrected chi connectivity index (χ3v) is 4.85. The Kier molecular flexibility index (Phi) is 4.07. The molecule has 1 aromatic heterocycles. The molecule has 2 heterocycles. The van der Waals surface area contributed by atoms with E-state index >= 15 is 0 Å². The summed E-state index contributed by atoms with van der Waals surface area (Å²) in [5, 5.41) is 30.0. The van der Waals surface area contributed by atoms with Gasteiger partial charge < -0.3 is 29.4 Å². The molecule has 0 saturated heterocycles. The van der Waals surface area contributed by atoms with Crippen LogP contribution in [0.3, 0.4) is 0 Å². The number of rotatable bonds is 3. The lowest BCUT2D eigenvalue weighted by atomic mass is 10.0. The van der Waals surface area contributed by atoms with E-state index in [1.165, 1.54) is 0 Å². The minimum absolute atomic E-state index is 0.194. The number of aromatic nitrogens is 2. The monoisotopic (exact) mass is 356 g/mol. The van der Waals surface area contributed by atoms with Gasteiger partial charge >= 0.3 is 0 Å². The first-order chi connectivity index (χ1) is 12.5. The number of fused-ring (bicyclic) bond motifs is 3. The predicted octanol–water partition coefficient (Wildman–Crippen LogP) is 1.49. The lowest BCUT2D eigenvalue weighted by Gasteiger charge is -2.29. The minimum atomic E-state index is -1.23. The summed E-state index contributed by atoms with van der Waals surface area (Å²) in [7, 11) is 3.18. The van der Waals surface area contributed by atoms with Crippen molar-refractivity contribution in [2.45, 2.75) is 24.9 Å². The zero-order chi connectivity index (χ0) is 18.4. The van der Waals surface area contributed by atoms with Gasteiger partial charge in [0, 0.05) is 0 Å². The Labute approximate surface area is 150 Å². The number of aliphatic hydroxyl groups excluding tert-OH is 3. The molecule has 7 heteroatoms. The Hall–Kier alpha value is -2.61. The molecule has 0 saturated carbocycles. The zero-order valence-electron chi connectivity index (χ0n) is 14.5. The Morgan fingerprint density at radius 1 is 0.962 bits per heavy atom. The number of aliphatic hydroxyl groups is 3. The van der Waals surface area contributed by atoms with Crippen molar-refractivity contribution in [2.24, 2.45) is 0 Å². The van der Waals surface area contributed by atoms with Gasteiger partial charge in [0.2, 0.25) is 0 Å².